The third-order valence-corrected chi connectivity index (χ3v) is 6.03. The van der Waals surface area contributed by atoms with E-state index in [2.05, 4.69) is 20.7 Å². The SMILES string of the molecule is CNS(=O)(=O)c1ccc2c(c1)CCN2C(=O)c1cc(F)ccc1Br. The average molecular weight is 413 g/mol. The Balaban J connectivity index is 1.98. The van der Waals surface area contributed by atoms with Gasteiger partial charge in [-0.25, -0.2) is 17.5 Å². The number of amides is 1. The zero-order chi connectivity index (χ0) is 17.5. The average Bonchev–Trinajstić information content (AvgIpc) is 2.99. The maximum atomic E-state index is 13.4. The highest BCUT2D eigenvalue weighted by atomic mass is 79.9. The molecule has 126 valence electrons. The number of benzene rings is 2. The van der Waals surface area contributed by atoms with Gasteiger partial charge in [-0.1, -0.05) is 0 Å². The summed E-state index contributed by atoms with van der Waals surface area (Å²) in [6.45, 7) is 0.417. The minimum Gasteiger partial charge on any atom is -0.308 e. The second-order valence-corrected chi connectivity index (χ2v) is 8.07. The fourth-order valence-electron chi connectivity index (χ4n) is 2.68. The minimum atomic E-state index is -3.53. The maximum absolute atomic E-state index is 13.4. The summed E-state index contributed by atoms with van der Waals surface area (Å²) in [6.07, 6.45) is 0.543. The Hall–Kier alpha value is -1.77. The number of sulfonamides is 1. The first kappa shape index (κ1) is 17.1. The molecule has 1 aliphatic heterocycles. The lowest BCUT2D eigenvalue weighted by molar-refractivity contribution is 0.0988. The van der Waals surface area contributed by atoms with Gasteiger partial charge in [-0.15, -0.1) is 0 Å². The molecule has 8 heteroatoms. The van der Waals surface area contributed by atoms with E-state index in [9.17, 15) is 17.6 Å². The van der Waals surface area contributed by atoms with Crippen LogP contribution in [0.5, 0.6) is 0 Å². The number of nitrogens with one attached hydrogen (secondary N) is 1. The fraction of sp³-hybridized carbons (Fsp3) is 0.188. The number of hydrogen-bond donors (Lipinski definition) is 1. The Morgan fingerprint density at radius 3 is 2.71 bits per heavy atom. The van der Waals surface area contributed by atoms with Crippen molar-refractivity contribution in [1.29, 1.82) is 0 Å². The molecule has 5 nitrogen and oxygen atoms in total. The second kappa shape index (κ2) is 6.27. The van der Waals surface area contributed by atoms with Gasteiger partial charge in [-0.3, -0.25) is 4.79 Å². The molecule has 1 amide bonds. The van der Waals surface area contributed by atoms with Crippen molar-refractivity contribution in [3.63, 3.8) is 0 Å². The molecule has 0 saturated heterocycles. The number of hydrogen-bond acceptors (Lipinski definition) is 3. The summed E-state index contributed by atoms with van der Waals surface area (Å²) in [7, 11) is -2.19. The van der Waals surface area contributed by atoms with E-state index in [1.54, 1.807) is 12.1 Å². The number of carbonyl (C=O) groups excluding carboxylic acids is 1. The Labute approximate surface area is 147 Å². The number of rotatable bonds is 3. The molecular weight excluding hydrogens is 399 g/mol. The van der Waals surface area contributed by atoms with Gasteiger partial charge in [0.15, 0.2) is 0 Å². The number of carbonyl (C=O) groups is 1. The molecule has 1 aliphatic rings. The monoisotopic (exact) mass is 412 g/mol. The molecule has 2 aromatic carbocycles. The number of nitrogens with zero attached hydrogens (tertiary/aromatic N) is 1. The molecule has 0 bridgehead atoms. The topological polar surface area (TPSA) is 66.5 Å². The predicted molar refractivity (Wildman–Crippen MR) is 92.2 cm³/mol. The summed E-state index contributed by atoms with van der Waals surface area (Å²) in [5.74, 6) is -0.819. The van der Waals surface area contributed by atoms with Gasteiger partial charge in [0, 0.05) is 16.7 Å². The first-order valence-corrected chi connectivity index (χ1v) is 9.44. The van der Waals surface area contributed by atoms with Gasteiger partial charge in [-0.2, -0.15) is 0 Å². The van der Waals surface area contributed by atoms with Crippen LogP contribution < -0.4 is 9.62 Å². The summed E-state index contributed by atoms with van der Waals surface area (Å²) in [6, 6.07) is 8.57. The van der Waals surface area contributed by atoms with E-state index in [1.807, 2.05) is 0 Å². The quantitative estimate of drug-likeness (QED) is 0.842. The predicted octanol–water partition coefficient (Wildman–Crippen LogP) is 2.70. The Kier molecular flexibility index (Phi) is 4.46. The highest BCUT2D eigenvalue weighted by molar-refractivity contribution is 9.10. The maximum Gasteiger partial charge on any atom is 0.259 e. The third-order valence-electron chi connectivity index (χ3n) is 3.93. The molecule has 0 spiro atoms. The van der Waals surface area contributed by atoms with Gasteiger partial charge >= 0.3 is 0 Å². The first-order chi connectivity index (χ1) is 11.3. The standard InChI is InChI=1S/C16H14BrFN2O3S/c1-19-24(22,23)12-3-5-15-10(8-12)6-7-20(15)16(21)13-9-11(18)2-4-14(13)17/h2-5,8-9,19H,6-7H2,1H3. The summed E-state index contributed by atoms with van der Waals surface area (Å²) in [5, 5.41) is 0. The van der Waals surface area contributed by atoms with Crippen LogP contribution in [-0.2, 0) is 16.4 Å². The van der Waals surface area contributed by atoms with Crippen LogP contribution in [0, 0.1) is 5.82 Å². The van der Waals surface area contributed by atoms with Gasteiger partial charge in [0.25, 0.3) is 5.91 Å². The molecule has 1 N–H and O–H groups in total. The van der Waals surface area contributed by atoms with Crippen molar-refractivity contribution in [3.05, 3.63) is 57.8 Å². The normalized spacial score (nSPS) is 13.9. The van der Waals surface area contributed by atoms with Crippen LogP contribution in [-0.4, -0.2) is 27.9 Å². The Bertz CT molecular complexity index is 931. The van der Waals surface area contributed by atoms with E-state index in [4.69, 9.17) is 0 Å². The van der Waals surface area contributed by atoms with Crippen LogP contribution in [0.3, 0.4) is 0 Å². The molecule has 3 rings (SSSR count). The van der Waals surface area contributed by atoms with Gasteiger partial charge < -0.3 is 4.90 Å². The van der Waals surface area contributed by atoms with E-state index in [1.165, 1.54) is 36.2 Å². The minimum absolute atomic E-state index is 0.157. The zero-order valence-corrected chi connectivity index (χ0v) is 15.1. The summed E-state index contributed by atoms with van der Waals surface area (Å²) in [4.78, 5) is 14.4. The number of halogens is 2. The zero-order valence-electron chi connectivity index (χ0n) is 12.7. The molecule has 0 radical (unpaired) electrons. The largest absolute Gasteiger partial charge is 0.308 e. The van der Waals surface area contributed by atoms with Crippen molar-refractivity contribution in [3.8, 4) is 0 Å². The van der Waals surface area contributed by atoms with Crippen LogP contribution in [0.2, 0.25) is 0 Å². The third kappa shape index (κ3) is 2.97. The molecule has 0 atom stereocenters. The highest BCUT2D eigenvalue weighted by Crippen LogP contribution is 2.32. The van der Waals surface area contributed by atoms with Crippen molar-refractivity contribution in [2.75, 3.05) is 18.5 Å². The molecule has 2 aromatic rings. The first-order valence-electron chi connectivity index (χ1n) is 7.17. The van der Waals surface area contributed by atoms with E-state index in [0.717, 1.165) is 5.56 Å². The molecule has 0 aromatic heterocycles. The van der Waals surface area contributed by atoms with Crippen molar-refractivity contribution in [2.45, 2.75) is 11.3 Å². The molecule has 1 heterocycles. The van der Waals surface area contributed by atoms with Crippen LogP contribution in [0.25, 0.3) is 0 Å². The van der Waals surface area contributed by atoms with Gasteiger partial charge in [0.1, 0.15) is 5.82 Å². The van der Waals surface area contributed by atoms with Gasteiger partial charge in [-0.05, 0) is 71.4 Å². The fourth-order valence-corrected chi connectivity index (χ4v) is 3.88. The van der Waals surface area contributed by atoms with Crippen LogP contribution in [0.4, 0.5) is 10.1 Å². The van der Waals surface area contributed by atoms with E-state index < -0.39 is 15.8 Å². The lowest BCUT2D eigenvalue weighted by atomic mass is 10.1. The smallest absolute Gasteiger partial charge is 0.259 e. The van der Waals surface area contributed by atoms with Crippen molar-refractivity contribution >= 4 is 37.5 Å². The van der Waals surface area contributed by atoms with E-state index >= 15 is 0 Å². The van der Waals surface area contributed by atoms with Gasteiger partial charge in [0.2, 0.25) is 10.0 Å². The lowest BCUT2D eigenvalue weighted by Gasteiger charge is -2.18. The molecule has 24 heavy (non-hydrogen) atoms. The van der Waals surface area contributed by atoms with Crippen LogP contribution >= 0.6 is 15.9 Å². The molecule has 0 fully saturated rings. The van der Waals surface area contributed by atoms with Crippen LogP contribution in [0.1, 0.15) is 15.9 Å². The molecular formula is C16H14BrFN2O3S. The molecule has 0 unspecified atom stereocenters. The Morgan fingerprint density at radius 2 is 2.00 bits per heavy atom. The number of fused-ring (bicyclic) bond motifs is 1. The summed E-state index contributed by atoms with van der Waals surface area (Å²) < 4.78 is 40.0. The van der Waals surface area contributed by atoms with E-state index in [-0.39, 0.29) is 16.4 Å². The summed E-state index contributed by atoms with van der Waals surface area (Å²) in [5.41, 5.74) is 1.65. The second-order valence-electron chi connectivity index (χ2n) is 5.33. The van der Waals surface area contributed by atoms with Crippen molar-refractivity contribution in [1.82, 2.24) is 4.72 Å². The summed E-state index contributed by atoms with van der Waals surface area (Å²) >= 11 is 3.26. The number of anilines is 1. The van der Waals surface area contributed by atoms with E-state index in [0.29, 0.717) is 23.1 Å². The van der Waals surface area contributed by atoms with Crippen molar-refractivity contribution in [2.24, 2.45) is 0 Å². The van der Waals surface area contributed by atoms with Crippen LogP contribution in [0.15, 0.2) is 45.8 Å². The Morgan fingerprint density at radius 1 is 1.25 bits per heavy atom. The van der Waals surface area contributed by atoms with Crippen molar-refractivity contribution < 1.29 is 17.6 Å². The lowest BCUT2D eigenvalue weighted by Crippen LogP contribution is -2.29. The molecule has 0 saturated carbocycles. The van der Waals surface area contributed by atoms with Gasteiger partial charge in [0.05, 0.1) is 10.5 Å². The molecule has 0 aliphatic carbocycles. The highest BCUT2D eigenvalue weighted by Gasteiger charge is 2.28.